The van der Waals surface area contributed by atoms with Crippen LogP contribution >= 0.6 is 0 Å². The molecule has 0 aliphatic carbocycles. The van der Waals surface area contributed by atoms with Crippen molar-refractivity contribution in [1.82, 2.24) is 15.0 Å². The Morgan fingerprint density at radius 2 is 1.95 bits per heavy atom. The normalized spacial score (nSPS) is 11.6. The van der Waals surface area contributed by atoms with E-state index in [1.807, 2.05) is 6.20 Å². The molecule has 102 valence electrons. The van der Waals surface area contributed by atoms with Crippen LogP contribution in [0.1, 0.15) is 31.2 Å². The van der Waals surface area contributed by atoms with E-state index in [4.69, 9.17) is 5.73 Å². The Balaban J connectivity index is 2.17. The Kier molecular flexibility index (Phi) is 3.32. The zero-order valence-corrected chi connectivity index (χ0v) is 11.8. The number of nitrogens with zero attached hydrogens (tertiary/aromatic N) is 3. The van der Waals surface area contributed by atoms with E-state index in [0.717, 1.165) is 27.8 Å². The van der Waals surface area contributed by atoms with Gasteiger partial charge in [0, 0.05) is 23.4 Å². The van der Waals surface area contributed by atoms with Gasteiger partial charge < -0.3 is 5.73 Å². The maximum atomic E-state index is 5.54. The Labute approximate surface area is 118 Å². The Morgan fingerprint density at radius 3 is 2.70 bits per heavy atom. The highest BCUT2D eigenvalue weighted by Gasteiger charge is 2.06. The van der Waals surface area contributed by atoms with Gasteiger partial charge in [-0.1, -0.05) is 19.9 Å². The Hall–Kier alpha value is -2.07. The molecule has 0 aliphatic heterocycles. The molecule has 3 rings (SSSR count). The molecule has 0 saturated heterocycles. The quantitative estimate of drug-likeness (QED) is 0.740. The van der Waals surface area contributed by atoms with Crippen LogP contribution in [0, 0.1) is 0 Å². The topological polar surface area (TPSA) is 64.7 Å². The molecule has 2 N–H and O–H groups in total. The lowest BCUT2D eigenvalue weighted by molar-refractivity contribution is 0.868. The molecule has 20 heavy (non-hydrogen) atoms. The molecule has 0 bridgehead atoms. The maximum Gasteiger partial charge on any atom is 0.163 e. The standard InChI is InChI=1S/C16H18N4/c1-10(2)11-3-4-14-12(7-11)8-13-9-18-15(5-6-17)20-16(13)19-14/h3-4,7-10H,5-6,17H2,1-2H3. The molecule has 0 fully saturated rings. The third-order valence-electron chi connectivity index (χ3n) is 3.47. The first-order valence-corrected chi connectivity index (χ1v) is 6.94. The highest BCUT2D eigenvalue weighted by molar-refractivity contribution is 5.91. The summed E-state index contributed by atoms with van der Waals surface area (Å²) in [7, 11) is 0. The van der Waals surface area contributed by atoms with Crippen LogP contribution in [0.3, 0.4) is 0 Å². The number of rotatable bonds is 3. The molecule has 1 aromatic carbocycles. The number of pyridine rings is 1. The van der Waals surface area contributed by atoms with Crippen molar-refractivity contribution in [3.8, 4) is 0 Å². The second-order valence-corrected chi connectivity index (χ2v) is 5.33. The van der Waals surface area contributed by atoms with E-state index < -0.39 is 0 Å². The Bertz CT molecular complexity index is 765. The van der Waals surface area contributed by atoms with E-state index >= 15 is 0 Å². The lowest BCUT2D eigenvalue weighted by Gasteiger charge is -2.07. The first-order valence-electron chi connectivity index (χ1n) is 6.94. The molecule has 2 heterocycles. The van der Waals surface area contributed by atoms with Gasteiger partial charge in [0.1, 0.15) is 5.82 Å². The summed E-state index contributed by atoms with van der Waals surface area (Å²) in [4.78, 5) is 13.4. The predicted octanol–water partition coefficient (Wildman–Crippen LogP) is 2.80. The van der Waals surface area contributed by atoms with Gasteiger partial charge in [0.25, 0.3) is 0 Å². The summed E-state index contributed by atoms with van der Waals surface area (Å²) in [5, 5.41) is 2.11. The van der Waals surface area contributed by atoms with Crippen molar-refractivity contribution in [2.45, 2.75) is 26.2 Å². The summed E-state index contributed by atoms with van der Waals surface area (Å²) in [6, 6.07) is 8.50. The van der Waals surface area contributed by atoms with E-state index in [0.29, 0.717) is 18.9 Å². The molecule has 3 aromatic rings. The van der Waals surface area contributed by atoms with Gasteiger partial charge >= 0.3 is 0 Å². The summed E-state index contributed by atoms with van der Waals surface area (Å²) in [6.07, 6.45) is 2.52. The average Bonchev–Trinajstić information content (AvgIpc) is 2.44. The van der Waals surface area contributed by atoms with Crippen LogP contribution in [0.15, 0.2) is 30.5 Å². The van der Waals surface area contributed by atoms with Crippen molar-refractivity contribution in [1.29, 1.82) is 0 Å². The fraction of sp³-hybridized carbons (Fsp3) is 0.312. The highest BCUT2D eigenvalue weighted by atomic mass is 14.9. The average molecular weight is 266 g/mol. The number of fused-ring (bicyclic) bond motifs is 2. The SMILES string of the molecule is CC(C)c1ccc2nc3nc(CCN)ncc3cc2c1. The monoisotopic (exact) mass is 266 g/mol. The van der Waals surface area contributed by atoms with E-state index in [9.17, 15) is 0 Å². The zero-order chi connectivity index (χ0) is 14.1. The van der Waals surface area contributed by atoms with Gasteiger partial charge in [0.05, 0.1) is 5.52 Å². The van der Waals surface area contributed by atoms with E-state index in [-0.39, 0.29) is 0 Å². The van der Waals surface area contributed by atoms with E-state index in [1.54, 1.807) is 0 Å². The lowest BCUT2D eigenvalue weighted by Crippen LogP contribution is -2.06. The second kappa shape index (κ2) is 5.13. The fourth-order valence-electron chi connectivity index (χ4n) is 2.29. The van der Waals surface area contributed by atoms with Gasteiger partial charge in [0.2, 0.25) is 0 Å². The molecule has 0 aliphatic rings. The maximum absolute atomic E-state index is 5.54. The smallest absolute Gasteiger partial charge is 0.163 e. The minimum atomic E-state index is 0.512. The number of nitrogens with two attached hydrogens (primary N) is 1. The van der Waals surface area contributed by atoms with Gasteiger partial charge in [-0.15, -0.1) is 0 Å². The van der Waals surface area contributed by atoms with Gasteiger partial charge in [-0.25, -0.2) is 15.0 Å². The van der Waals surface area contributed by atoms with E-state index in [1.165, 1.54) is 5.56 Å². The van der Waals surface area contributed by atoms with Crippen LogP contribution in [0.5, 0.6) is 0 Å². The Morgan fingerprint density at radius 1 is 1.10 bits per heavy atom. The molecule has 0 radical (unpaired) electrons. The van der Waals surface area contributed by atoms with Gasteiger partial charge in [0.15, 0.2) is 5.65 Å². The summed E-state index contributed by atoms with van der Waals surface area (Å²) in [5.41, 5.74) is 8.57. The minimum absolute atomic E-state index is 0.512. The van der Waals surface area contributed by atoms with Crippen molar-refractivity contribution in [2.24, 2.45) is 5.73 Å². The molecule has 0 saturated carbocycles. The molecule has 4 nitrogen and oxygen atoms in total. The summed E-state index contributed by atoms with van der Waals surface area (Å²) in [6.45, 7) is 4.94. The third-order valence-corrected chi connectivity index (χ3v) is 3.47. The molecule has 0 amide bonds. The van der Waals surface area contributed by atoms with Crippen LogP contribution in [0.2, 0.25) is 0 Å². The molecular weight excluding hydrogens is 248 g/mol. The second-order valence-electron chi connectivity index (χ2n) is 5.33. The molecule has 0 spiro atoms. The van der Waals surface area contributed by atoms with Gasteiger partial charge in [-0.3, -0.25) is 0 Å². The summed E-state index contributed by atoms with van der Waals surface area (Å²) in [5.74, 6) is 1.27. The zero-order valence-electron chi connectivity index (χ0n) is 11.8. The minimum Gasteiger partial charge on any atom is -0.330 e. The molecule has 2 aromatic heterocycles. The van der Waals surface area contributed by atoms with Crippen LogP contribution in [0.25, 0.3) is 21.9 Å². The van der Waals surface area contributed by atoms with Crippen molar-refractivity contribution < 1.29 is 0 Å². The van der Waals surface area contributed by atoms with Crippen molar-refractivity contribution in [3.63, 3.8) is 0 Å². The third kappa shape index (κ3) is 2.34. The molecule has 4 heteroatoms. The first-order chi connectivity index (χ1) is 9.67. The lowest BCUT2D eigenvalue weighted by atomic mass is 10.0. The van der Waals surface area contributed by atoms with Crippen molar-refractivity contribution >= 4 is 21.9 Å². The number of aromatic nitrogens is 3. The van der Waals surface area contributed by atoms with Gasteiger partial charge in [-0.05, 0) is 36.2 Å². The summed E-state index contributed by atoms with van der Waals surface area (Å²) >= 11 is 0. The number of hydrogen-bond donors (Lipinski definition) is 1. The summed E-state index contributed by atoms with van der Waals surface area (Å²) < 4.78 is 0. The fourth-order valence-corrected chi connectivity index (χ4v) is 2.29. The van der Waals surface area contributed by atoms with E-state index in [2.05, 4.69) is 53.1 Å². The largest absolute Gasteiger partial charge is 0.330 e. The first kappa shape index (κ1) is 12.9. The van der Waals surface area contributed by atoms with Crippen LogP contribution in [-0.2, 0) is 6.42 Å². The van der Waals surface area contributed by atoms with Gasteiger partial charge in [-0.2, -0.15) is 0 Å². The van der Waals surface area contributed by atoms with Crippen molar-refractivity contribution in [3.05, 3.63) is 41.9 Å². The van der Waals surface area contributed by atoms with Crippen LogP contribution in [0.4, 0.5) is 0 Å². The number of hydrogen-bond acceptors (Lipinski definition) is 4. The van der Waals surface area contributed by atoms with Crippen LogP contribution < -0.4 is 5.73 Å². The predicted molar refractivity (Wildman–Crippen MR) is 81.7 cm³/mol. The molecule has 0 unspecified atom stereocenters. The number of benzene rings is 1. The van der Waals surface area contributed by atoms with Crippen LogP contribution in [-0.4, -0.2) is 21.5 Å². The molecular formula is C16H18N4. The molecule has 0 atom stereocenters. The van der Waals surface area contributed by atoms with Crippen molar-refractivity contribution in [2.75, 3.05) is 6.54 Å². The highest BCUT2D eigenvalue weighted by Crippen LogP contribution is 2.23.